The molecule has 2 aromatic rings. The Bertz CT molecular complexity index is 818. The quantitative estimate of drug-likeness (QED) is 0.799. The van der Waals surface area contributed by atoms with Crippen molar-refractivity contribution in [3.63, 3.8) is 0 Å². The number of rotatable bonds is 4. The molecule has 29 heavy (non-hydrogen) atoms. The minimum atomic E-state index is -0.771. The lowest BCUT2D eigenvalue weighted by molar-refractivity contribution is -0.153. The highest BCUT2D eigenvalue weighted by Crippen LogP contribution is 2.28. The van der Waals surface area contributed by atoms with E-state index in [-0.39, 0.29) is 12.6 Å². The van der Waals surface area contributed by atoms with Crippen LogP contribution in [0.15, 0.2) is 60.7 Å². The molecule has 3 rings (SSSR count). The SMILES string of the molecule is CC(C)(C)OC(=O)N1C(C(=O)OCc2ccccc2)CNCC1c1ccccc1. The Morgan fingerprint density at radius 3 is 2.24 bits per heavy atom. The maximum Gasteiger partial charge on any atom is 0.411 e. The lowest BCUT2D eigenvalue weighted by Crippen LogP contribution is -2.59. The van der Waals surface area contributed by atoms with Crippen molar-refractivity contribution in [2.75, 3.05) is 13.1 Å². The Labute approximate surface area is 171 Å². The summed E-state index contributed by atoms with van der Waals surface area (Å²) in [6, 6.07) is 18.0. The standard InChI is InChI=1S/C23H28N2O4/c1-23(2,3)29-22(27)25-19(18-12-8-5-9-13-18)14-24-15-20(25)21(26)28-16-17-10-6-4-7-11-17/h4-13,19-20,24H,14-16H2,1-3H3. The lowest BCUT2D eigenvalue weighted by Gasteiger charge is -2.41. The molecule has 0 radical (unpaired) electrons. The summed E-state index contributed by atoms with van der Waals surface area (Å²) in [6.07, 6.45) is -0.519. The Hall–Kier alpha value is -2.86. The molecule has 1 heterocycles. The zero-order valence-corrected chi connectivity index (χ0v) is 17.1. The first kappa shape index (κ1) is 20.9. The van der Waals surface area contributed by atoms with E-state index in [2.05, 4.69) is 5.32 Å². The third-order valence-electron chi connectivity index (χ3n) is 4.63. The minimum Gasteiger partial charge on any atom is -0.459 e. The zero-order chi connectivity index (χ0) is 20.9. The second kappa shape index (κ2) is 9.09. The summed E-state index contributed by atoms with van der Waals surface area (Å²) < 4.78 is 11.2. The van der Waals surface area contributed by atoms with E-state index in [9.17, 15) is 9.59 Å². The van der Waals surface area contributed by atoms with Gasteiger partial charge in [-0.05, 0) is 31.9 Å². The van der Waals surface area contributed by atoms with Gasteiger partial charge >= 0.3 is 12.1 Å². The Morgan fingerprint density at radius 1 is 1.00 bits per heavy atom. The highest BCUT2D eigenvalue weighted by atomic mass is 16.6. The third-order valence-corrected chi connectivity index (χ3v) is 4.63. The summed E-state index contributed by atoms with van der Waals surface area (Å²) in [7, 11) is 0. The molecule has 1 saturated heterocycles. The highest BCUT2D eigenvalue weighted by Gasteiger charge is 2.41. The van der Waals surface area contributed by atoms with Crippen LogP contribution in [0.5, 0.6) is 0 Å². The van der Waals surface area contributed by atoms with Crippen molar-refractivity contribution >= 4 is 12.1 Å². The first-order chi connectivity index (χ1) is 13.8. The van der Waals surface area contributed by atoms with Crippen LogP contribution in [-0.4, -0.2) is 41.7 Å². The molecule has 1 N–H and O–H groups in total. The molecule has 2 unspecified atom stereocenters. The van der Waals surface area contributed by atoms with Crippen molar-refractivity contribution < 1.29 is 19.1 Å². The maximum atomic E-state index is 13.1. The molecule has 1 aliphatic rings. The number of esters is 1. The van der Waals surface area contributed by atoms with Crippen LogP contribution in [0.2, 0.25) is 0 Å². The molecule has 1 aliphatic heterocycles. The topological polar surface area (TPSA) is 67.9 Å². The van der Waals surface area contributed by atoms with Crippen molar-refractivity contribution in [3.05, 3.63) is 71.8 Å². The van der Waals surface area contributed by atoms with Crippen molar-refractivity contribution in [2.24, 2.45) is 0 Å². The molecule has 2 aromatic carbocycles. The molecule has 0 bridgehead atoms. The van der Waals surface area contributed by atoms with Crippen LogP contribution in [0, 0.1) is 0 Å². The van der Waals surface area contributed by atoms with Crippen molar-refractivity contribution in [1.29, 1.82) is 0 Å². The lowest BCUT2D eigenvalue weighted by atomic mass is 10.0. The van der Waals surface area contributed by atoms with Gasteiger partial charge in [-0.3, -0.25) is 4.90 Å². The fourth-order valence-corrected chi connectivity index (χ4v) is 3.32. The molecule has 0 spiro atoms. The number of hydrogen-bond acceptors (Lipinski definition) is 5. The van der Waals surface area contributed by atoms with E-state index in [0.29, 0.717) is 13.1 Å². The van der Waals surface area contributed by atoms with Crippen molar-refractivity contribution in [2.45, 2.75) is 45.1 Å². The number of nitrogens with one attached hydrogen (secondary N) is 1. The molecule has 6 heteroatoms. The van der Waals surface area contributed by atoms with Gasteiger partial charge in [-0.25, -0.2) is 9.59 Å². The third kappa shape index (κ3) is 5.57. The van der Waals surface area contributed by atoms with Gasteiger partial charge in [-0.2, -0.15) is 0 Å². The van der Waals surface area contributed by atoms with Crippen molar-refractivity contribution in [3.8, 4) is 0 Å². The summed E-state index contributed by atoms with van der Waals surface area (Å²) >= 11 is 0. The number of piperazine rings is 1. The van der Waals surface area contributed by atoms with Crippen LogP contribution in [0.25, 0.3) is 0 Å². The van der Waals surface area contributed by atoms with Gasteiger partial charge in [0.1, 0.15) is 18.2 Å². The summed E-state index contributed by atoms with van der Waals surface area (Å²) in [5.41, 5.74) is 1.17. The Kier molecular flexibility index (Phi) is 6.54. The summed E-state index contributed by atoms with van der Waals surface area (Å²) in [5, 5.41) is 3.26. The number of amides is 1. The number of ether oxygens (including phenoxy) is 2. The molecule has 1 fully saturated rings. The second-order valence-corrected chi connectivity index (χ2v) is 8.08. The first-order valence-corrected chi connectivity index (χ1v) is 9.83. The minimum absolute atomic E-state index is 0.161. The molecular formula is C23H28N2O4. The fourth-order valence-electron chi connectivity index (χ4n) is 3.32. The number of carbonyl (C=O) groups is 2. The predicted octanol–water partition coefficient (Wildman–Crippen LogP) is 3.68. The van der Waals surface area contributed by atoms with Gasteiger partial charge in [0, 0.05) is 13.1 Å². The van der Waals surface area contributed by atoms with Crippen LogP contribution in [0.1, 0.15) is 37.9 Å². The normalized spacial score (nSPS) is 19.5. The van der Waals surface area contributed by atoms with Crippen LogP contribution < -0.4 is 5.32 Å². The van der Waals surface area contributed by atoms with Gasteiger partial charge < -0.3 is 14.8 Å². The molecule has 2 atom stereocenters. The van der Waals surface area contributed by atoms with Gasteiger partial charge in [0.2, 0.25) is 0 Å². The average molecular weight is 396 g/mol. The van der Waals surface area contributed by atoms with E-state index in [0.717, 1.165) is 11.1 Å². The summed E-state index contributed by atoms with van der Waals surface area (Å²) in [6.45, 7) is 6.45. The molecule has 0 saturated carbocycles. The van der Waals surface area contributed by atoms with E-state index in [1.165, 1.54) is 4.90 Å². The van der Waals surface area contributed by atoms with Crippen LogP contribution in [-0.2, 0) is 20.9 Å². The molecule has 0 aliphatic carbocycles. The Morgan fingerprint density at radius 2 is 1.62 bits per heavy atom. The molecule has 1 amide bonds. The first-order valence-electron chi connectivity index (χ1n) is 9.83. The van der Waals surface area contributed by atoms with Crippen LogP contribution >= 0.6 is 0 Å². The van der Waals surface area contributed by atoms with Crippen LogP contribution in [0.3, 0.4) is 0 Å². The molecule has 154 valence electrons. The summed E-state index contributed by atoms with van der Waals surface area (Å²) in [4.78, 5) is 27.5. The van der Waals surface area contributed by atoms with E-state index in [4.69, 9.17) is 9.47 Å². The smallest absolute Gasteiger partial charge is 0.411 e. The zero-order valence-electron chi connectivity index (χ0n) is 17.1. The number of nitrogens with zero attached hydrogens (tertiary/aromatic N) is 1. The maximum absolute atomic E-state index is 13.1. The molecule has 0 aromatic heterocycles. The number of carbonyl (C=O) groups excluding carboxylic acids is 2. The average Bonchev–Trinajstić information content (AvgIpc) is 2.71. The molecule has 6 nitrogen and oxygen atoms in total. The highest BCUT2D eigenvalue weighted by molar-refractivity contribution is 5.82. The van der Waals surface area contributed by atoms with Gasteiger partial charge in [0.15, 0.2) is 0 Å². The number of benzene rings is 2. The van der Waals surface area contributed by atoms with E-state index in [1.807, 2.05) is 81.4 Å². The largest absolute Gasteiger partial charge is 0.459 e. The van der Waals surface area contributed by atoms with Gasteiger partial charge in [-0.15, -0.1) is 0 Å². The predicted molar refractivity (Wildman–Crippen MR) is 110 cm³/mol. The van der Waals surface area contributed by atoms with Crippen molar-refractivity contribution in [1.82, 2.24) is 10.2 Å². The summed E-state index contributed by atoms with van der Waals surface area (Å²) in [5.74, 6) is -0.451. The van der Waals surface area contributed by atoms with Crippen LogP contribution in [0.4, 0.5) is 4.79 Å². The van der Waals surface area contributed by atoms with Gasteiger partial charge in [-0.1, -0.05) is 60.7 Å². The fraction of sp³-hybridized carbons (Fsp3) is 0.391. The second-order valence-electron chi connectivity index (χ2n) is 8.08. The Balaban J connectivity index is 1.82. The molecular weight excluding hydrogens is 368 g/mol. The monoisotopic (exact) mass is 396 g/mol. The van der Waals surface area contributed by atoms with Gasteiger partial charge in [0.25, 0.3) is 0 Å². The van der Waals surface area contributed by atoms with E-state index in [1.54, 1.807) is 0 Å². The van der Waals surface area contributed by atoms with Gasteiger partial charge in [0.05, 0.1) is 6.04 Å². The van der Waals surface area contributed by atoms with E-state index < -0.39 is 23.7 Å². The van der Waals surface area contributed by atoms with E-state index >= 15 is 0 Å². The number of hydrogen-bond donors (Lipinski definition) is 1.